The lowest BCUT2D eigenvalue weighted by Crippen LogP contribution is -2.20. The first-order valence-electron chi connectivity index (χ1n) is 30.1. The maximum Gasteiger partial charge on any atom is 0.0568 e. The smallest absolute Gasteiger partial charge is 0.0568 e. The summed E-state index contributed by atoms with van der Waals surface area (Å²) in [5, 5.41) is 30.2. The van der Waals surface area contributed by atoms with E-state index < -0.39 is 0 Å². The molecule has 63 heavy (non-hydrogen) atoms. The van der Waals surface area contributed by atoms with Gasteiger partial charge in [0, 0.05) is 13.2 Å². The molecule has 380 valence electrons. The number of rotatable bonds is 57. The van der Waals surface area contributed by atoms with Gasteiger partial charge in [0.05, 0.1) is 6.10 Å². The van der Waals surface area contributed by atoms with Crippen LogP contribution in [-0.4, -0.2) is 34.6 Å². The van der Waals surface area contributed by atoms with Gasteiger partial charge in [-0.15, -0.1) is 0 Å². The fourth-order valence-electron chi connectivity index (χ4n) is 10.5. The van der Waals surface area contributed by atoms with Gasteiger partial charge in [-0.3, -0.25) is 0 Å². The van der Waals surface area contributed by atoms with Gasteiger partial charge in [0.1, 0.15) is 0 Å². The van der Waals surface area contributed by atoms with Gasteiger partial charge in [0.25, 0.3) is 0 Å². The molecule has 3 nitrogen and oxygen atoms in total. The molecule has 0 heterocycles. The summed E-state index contributed by atoms with van der Waals surface area (Å²) < 4.78 is 0. The van der Waals surface area contributed by atoms with E-state index in [1.807, 2.05) is 0 Å². The van der Waals surface area contributed by atoms with Crippen LogP contribution in [0.3, 0.4) is 0 Å². The van der Waals surface area contributed by atoms with Crippen LogP contribution in [0.2, 0.25) is 0 Å². The normalized spacial score (nSPS) is 13.3. The van der Waals surface area contributed by atoms with Crippen molar-refractivity contribution in [3.63, 3.8) is 0 Å². The molecule has 0 radical (unpaired) electrons. The van der Waals surface area contributed by atoms with Gasteiger partial charge in [0.15, 0.2) is 0 Å². The Labute approximate surface area is 399 Å². The average molecular weight is 892 g/mol. The molecule has 3 heteroatoms. The second-order valence-corrected chi connectivity index (χ2v) is 21.3. The van der Waals surface area contributed by atoms with Crippen LogP contribution in [-0.2, 0) is 0 Å². The number of unbranched alkanes of at least 4 members (excludes halogenated alkanes) is 44. The van der Waals surface area contributed by atoms with Gasteiger partial charge in [-0.25, -0.2) is 0 Å². The van der Waals surface area contributed by atoms with E-state index in [0.29, 0.717) is 25.0 Å². The molecule has 0 saturated carbocycles. The summed E-state index contributed by atoms with van der Waals surface area (Å²) in [5.41, 5.74) is 0. The molecule has 0 aromatic rings. The summed E-state index contributed by atoms with van der Waals surface area (Å²) in [5.74, 6) is 1.06. The van der Waals surface area contributed by atoms with Gasteiger partial charge in [-0.2, -0.15) is 0 Å². The highest BCUT2D eigenvalue weighted by molar-refractivity contribution is 4.71. The van der Waals surface area contributed by atoms with Crippen LogP contribution in [0.1, 0.15) is 354 Å². The highest BCUT2D eigenvalue weighted by Gasteiger charge is 2.18. The summed E-state index contributed by atoms with van der Waals surface area (Å²) in [4.78, 5) is 0. The van der Waals surface area contributed by atoms with Crippen molar-refractivity contribution in [2.45, 2.75) is 360 Å². The molecule has 3 atom stereocenters. The van der Waals surface area contributed by atoms with Crippen molar-refractivity contribution in [2.24, 2.45) is 11.8 Å². The Kier molecular flexibility index (Phi) is 56.1. The molecule has 3 N–H and O–H groups in total. The third kappa shape index (κ3) is 51.1. The van der Waals surface area contributed by atoms with Crippen molar-refractivity contribution >= 4 is 0 Å². The highest BCUT2D eigenvalue weighted by atomic mass is 16.3. The van der Waals surface area contributed by atoms with E-state index in [-0.39, 0.29) is 6.10 Å². The highest BCUT2D eigenvalue weighted by Crippen LogP contribution is 2.26. The van der Waals surface area contributed by atoms with Crippen molar-refractivity contribution in [3.8, 4) is 0 Å². The molecule has 0 aromatic carbocycles. The van der Waals surface area contributed by atoms with E-state index in [2.05, 4.69) is 13.8 Å². The minimum atomic E-state index is -0.0815. The van der Waals surface area contributed by atoms with E-state index in [0.717, 1.165) is 12.8 Å². The van der Waals surface area contributed by atoms with E-state index >= 15 is 0 Å². The maximum absolute atomic E-state index is 11.4. The zero-order chi connectivity index (χ0) is 45.6. The zero-order valence-corrected chi connectivity index (χ0v) is 44.0. The molecule has 3 unspecified atom stereocenters. The predicted octanol–water partition coefficient (Wildman–Crippen LogP) is 20.3. The lowest BCUT2D eigenvalue weighted by atomic mass is 9.87. The van der Waals surface area contributed by atoms with Crippen LogP contribution in [0, 0.1) is 11.8 Å². The lowest BCUT2D eigenvalue weighted by Gasteiger charge is -2.23. The Bertz CT molecular complexity index is 785. The number of aliphatic hydroxyl groups excluding tert-OH is 3. The van der Waals surface area contributed by atoms with Crippen LogP contribution < -0.4 is 0 Å². The standard InChI is InChI=1S/C60H122O3/c1-3-5-7-9-11-12-13-14-15-20-23-26-29-35-41-47-53-59(54-48-42-36-32-31-34-40-46-52-58(57-62)51-45-39-10-8-6-4-2)60(63)55-49-43-37-30-27-24-21-18-16-17-19-22-25-28-33-38-44-50-56-61/h58-63H,3-57H2,1-2H3. The quantitative estimate of drug-likeness (QED) is 0.0533. The van der Waals surface area contributed by atoms with Crippen molar-refractivity contribution in [1.29, 1.82) is 0 Å². The molecule has 0 aliphatic heterocycles. The SMILES string of the molecule is CCCCCCCCCCCCCCCCCCC(CCCCCCCCCCC(CO)CCCCCCCC)C(O)CCCCCCCCCCCCCCCCCCCCO. The average Bonchev–Trinajstić information content (AvgIpc) is 3.29. The van der Waals surface area contributed by atoms with Crippen molar-refractivity contribution in [2.75, 3.05) is 13.2 Å². The van der Waals surface area contributed by atoms with Crippen LogP contribution in [0.15, 0.2) is 0 Å². The molecule has 0 fully saturated rings. The van der Waals surface area contributed by atoms with Gasteiger partial charge in [0.2, 0.25) is 0 Å². The lowest BCUT2D eigenvalue weighted by molar-refractivity contribution is 0.0829. The molecule has 0 aliphatic rings. The van der Waals surface area contributed by atoms with Gasteiger partial charge < -0.3 is 15.3 Å². The van der Waals surface area contributed by atoms with Crippen LogP contribution in [0.5, 0.6) is 0 Å². The van der Waals surface area contributed by atoms with Crippen molar-refractivity contribution in [1.82, 2.24) is 0 Å². The molecular weight excluding hydrogens is 769 g/mol. The van der Waals surface area contributed by atoms with Gasteiger partial charge in [-0.1, -0.05) is 316 Å². The molecule has 0 bridgehead atoms. The summed E-state index contributed by atoms with van der Waals surface area (Å²) in [7, 11) is 0. The summed E-state index contributed by atoms with van der Waals surface area (Å²) in [6, 6.07) is 0. The van der Waals surface area contributed by atoms with Crippen molar-refractivity contribution < 1.29 is 15.3 Å². The summed E-state index contributed by atoms with van der Waals surface area (Å²) >= 11 is 0. The van der Waals surface area contributed by atoms with Crippen LogP contribution in [0.4, 0.5) is 0 Å². The minimum Gasteiger partial charge on any atom is -0.396 e. The first kappa shape index (κ1) is 62.9. The predicted molar refractivity (Wildman–Crippen MR) is 283 cm³/mol. The topological polar surface area (TPSA) is 60.7 Å². The Balaban J connectivity index is 4.16. The third-order valence-corrected chi connectivity index (χ3v) is 15.0. The Morgan fingerprint density at radius 1 is 0.238 bits per heavy atom. The zero-order valence-electron chi connectivity index (χ0n) is 44.0. The number of aliphatic hydroxyl groups is 3. The minimum absolute atomic E-state index is 0.0815. The number of hydrogen-bond acceptors (Lipinski definition) is 3. The Hall–Kier alpha value is -0.120. The molecule has 0 aliphatic carbocycles. The molecule has 0 saturated heterocycles. The second-order valence-electron chi connectivity index (χ2n) is 21.3. The summed E-state index contributed by atoms with van der Waals surface area (Å²) in [6.45, 7) is 5.35. The number of hydrogen-bond donors (Lipinski definition) is 3. The van der Waals surface area contributed by atoms with E-state index in [9.17, 15) is 10.2 Å². The molecule has 0 aromatic heterocycles. The first-order valence-corrected chi connectivity index (χ1v) is 30.1. The second kappa shape index (κ2) is 56.2. The van der Waals surface area contributed by atoms with Crippen LogP contribution in [0.25, 0.3) is 0 Å². The molecule has 0 spiro atoms. The fourth-order valence-corrected chi connectivity index (χ4v) is 10.5. The molecule has 0 rings (SSSR count). The van der Waals surface area contributed by atoms with E-state index in [1.165, 1.54) is 327 Å². The largest absolute Gasteiger partial charge is 0.396 e. The molecular formula is C60H122O3. The van der Waals surface area contributed by atoms with E-state index in [1.54, 1.807) is 0 Å². The Morgan fingerprint density at radius 3 is 0.683 bits per heavy atom. The summed E-state index contributed by atoms with van der Waals surface area (Å²) in [6.07, 6.45) is 71.9. The van der Waals surface area contributed by atoms with Crippen molar-refractivity contribution in [3.05, 3.63) is 0 Å². The first-order chi connectivity index (χ1) is 31.2. The van der Waals surface area contributed by atoms with Gasteiger partial charge >= 0.3 is 0 Å². The monoisotopic (exact) mass is 891 g/mol. The Morgan fingerprint density at radius 2 is 0.444 bits per heavy atom. The maximum atomic E-state index is 11.4. The third-order valence-electron chi connectivity index (χ3n) is 15.0. The van der Waals surface area contributed by atoms with Gasteiger partial charge in [-0.05, 0) is 50.4 Å². The van der Waals surface area contributed by atoms with Crippen LogP contribution >= 0.6 is 0 Å². The fraction of sp³-hybridized carbons (Fsp3) is 1.00. The van der Waals surface area contributed by atoms with E-state index in [4.69, 9.17) is 5.11 Å². The molecule has 0 amide bonds.